The topological polar surface area (TPSA) is 64.7 Å². The molecule has 0 saturated carbocycles. The Morgan fingerprint density at radius 1 is 1.27 bits per heavy atom. The van der Waals surface area contributed by atoms with Crippen LogP contribution in [0, 0.1) is 0 Å². The largest absolute Gasteiger partial charge is 0.366 e. The minimum Gasteiger partial charge on any atom is -0.366 e. The molecule has 0 fully saturated rings. The van der Waals surface area contributed by atoms with E-state index in [2.05, 4.69) is 4.84 Å². The molecule has 0 aromatic carbocycles. The molecule has 68 valence electrons. The number of hydrogen-bond donors (Lipinski definition) is 2. The van der Waals surface area contributed by atoms with Crippen LogP contribution in [0.4, 0.5) is 0 Å². The van der Waals surface area contributed by atoms with Gasteiger partial charge in [0.05, 0.1) is 13.2 Å². The molecule has 4 nitrogen and oxygen atoms in total. The molecular weight excluding hydrogens is 146 g/mol. The molecule has 0 radical (unpaired) electrons. The number of rotatable bonds is 6. The minimum atomic E-state index is -1.02. The monoisotopic (exact) mass is 163 g/mol. The number of ether oxygens (including phenoxy) is 1. The van der Waals surface area contributed by atoms with Crippen molar-refractivity contribution in [1.82, 2.24) is 0 Å². The summed E-state index contributed by atoms with van der Waals surface area (Å²) in [6.07, 6.45) is 1.70. The van der Waals surface area contributed by atoms with E-state index in [9.17, 15) is 0 Å². The van der Waals surface area contributed by atoms with Gasteiger partial charge in [-0.1, -0.05) is 0 Å². The molecular formula is C7H17NO3. The molecule has 0 unspecified atom stereocenters. The first-order chi connectivity index (χ1) is 5.06. The van der Waals surface area contributed by atoms with Gasteiger partial charge in [-0.2, -0.15) is 0 Å². The lowest BCUT2D eigenvalue weighted by Gasteiger charge is -2.17. The lowest BCUT2D eigenvalue weighted by Crippen LogP contribution is -2.23. The first kappa shape index (κ1) is 10.8. The molecule has 0 spiro atoms. The third-order valence-corrected chi connectivity index (χ3v) is 1.11. The fourth-order valence-electron chi connectivity index (χ4n) is 0.609. The van der Waals surface area contributed by atoms with E-state index in [4.69, 9.17) is 15.7 Å². The average molecular weight is 163 g/mol. The molecule has 0 aliphatic rings. The van der Waals surface area contributed by atoms with Gasteiger partial charge in [-0.05, 0) is 26.7 Å². The molecule has 4 heteroatoms. The molecule has 0 saturated heterocycles. The zero-order valence-electron chi connectivity index (χ0n) is 7.17. The third kappa shape index (κ3) is 9.84. The highest BCUT2D eigenvalue weighted by Gasteiger charge is 2.10. The smallest absolute Gasteiger partial charge is 0.159 e. The van der Waals surface area contributed by atoms with Gasteiger partial charge in [0.1, 0.15) is 0 Å². The number of unbranched alkanes of at least 4 members (excludes halogenated alkanes) is 1. The van der Waals surface area contributed by atoms with Crippen LogP contribution in [0.3, 0.4) is 0 Å². The van der Waals surface area contributed by atoms with Crippen LogP contribution in [-0.2, 0) is 9.57 Å². The van der Waals surface area contributed by atoms with Crippen molar-refractivity contribution in [1.29, 1.82) is 0 Å². The number of hydrogen-bond acceptors (Lipinski definition) is 4. The van der Waals surface area contributed by atoms with Crippen molar-refractivity contribution in [3.05, 3.63) is 0 Å². The van der Waals surface area contributed by atoms with Crippen molar-refractivity contribution < 1.29 is 14.7 Å². The van der Waals surface area contributed by atoms with Crippen LogP contribution in [0.25, 0.3) is 0 Å². The summed E-state index contributed by atoms with van der Waals surface area (Å²) in [5.41, 5.74) is 0. The first-order valence-corrected chi connectivity index (χ1v) is 3.74. The summed E-state index contributed by atoms with van der Waals surface area (Å²) in [6, 6.07) is 0. The van der Waals surface area contributed by atoms with Crippen molar-refractivity contribution in [2.75, 3.05) is 13.2 Å². The van der Waals surface area contributed by atoms with Crippen molar-refractivity contribution in [3.63, 3.8) is 0 Å². The lowest BCUT2D eigenvalue weighted by molar-refractivity contribution is -0.176. The Morgan fingerprint density at radius 3 is 2.27 bits per heavy atom. The molecule has 0 aromatic rings. The second-order valence-corrected chi connectivity index (χ2v) is 2.87. The predicted molar refractivity (Wildman–Crippen MR) is 41.6 cm³/mol. The quantitative estimate of drug-likeness (QED) is 0.338. The summed E-state index contributed by atoms with van der Waals surface area (Å²) in [7, 11) is 0. The van der Waals surface area contributed by atoms with Crippen molar-refractivity contribution >= 4 is 0 Å². The van der Waals surface area contributed by atoms with Crippen LogP contribution in [0.15, 0.2) is 0 Å². The van der Waals surface area contributed by atoms with Gasteiger partial charge < -0.3 is 14.7 Å². The standard InChI is InChI=1S/C7H17NO3/c1-7(2,9)10-5-3-4-6-11-8/h9H,3-6,8H2,1-2H3. The molecule has 11 heavy (non-hydrogen) atoms. The van der Waals surface area contributed by atoms with Crippen LogP contribution in [-0.4, -0.2) is 24.1 Å². The van der Waals surface area contributed by atoms with Crippen molar-refractivity contribution in [3.8, 4) is 0 Å². The van der Waals surface area contributed by atoms with Crippen molar-refractivity contribution in [2.45, 2.75) is 32.5 Å². The van der Waals surface area contributed by atoms with Crippen LogP contribution >= 0.6 is 0 Å². The molecule has 0 aromatic heterocycles. The van der Waals surface area contributed by atoms with Gasteiger partial charge in [0.2, 0.25) is 0 Å². The maximum Gasteiger partial charge on any atom is 0.159 e. The zero-order valence-corrected chi connectivity index (χ0v) is 7.17. The van der Waals surface area contributed by atoms with Crippen LogP contribution in [0.2, 0.25) is 0 Å². The predicted octanol–water partition coefficient (Wildman–Crippen LogP) is 0.402. The summed E-state index contributed by atoms with van der Waals surface area (Å²) in [6.45, 7) is 4.28. The molecule has 0 rings (SSSR count). The van der Waals surface area contributed by atoms with Crippen LogP contribution in [0.1, 0.15) is 26.7 Å². The SMILES string of the molecule is CC(C)(O)OCCCCON. The Labute approximate surface area is 67.2 Å². The van der Waals surface area contributed by atoms with Gasteiger partial charge in [-0.25, -0.2) is 5.90 Å². The highest BCUT2D eigenvalue weighted by atomic mass is 16.6. The molecule has 0 atom stereocenters. The third-order valence-electron chi connectivity index (χ3n) is 1.11. The molecule has 0 aliphatic heterocycles. The number of aliphatic hydroxyl groups is 1. The van der Waals surface area contributed by atoms with E-state index in [1.54, 1.807) is 13.8 Å². The normalized spacial score (nSPS) is 12.0. The number of nitrogens with two attached hydrogens (primary N) is 1. The highest BCUT2D eigenvalue weighted by Crippen LogP contribution is 2.03. The lowest BCUT2D eigenvalue weighted by atomic mass is 10.3. The Balaban J connectivity index is 3.02. The van der Waals surface area contributed by atoms with Gasteiger partial charge in [0, 0.05) is 0 Å². The van der Waals surface area contributed by atoms with Gasteiger partial charge in [-0.15, -0.1) is 0 Å². The molecule has 0 heterocycles. The fraction of sp³-hybridized carbons (Fsp3) is 1.00. The van der Waals surface area contributed by atoms with E-state index in [1.807, 2.05) is 0 Å². The van der Waals surface area contributed by atoms with Gasteiger partial charge >= 0.3 is 0 Å². The minimum absolute atomic E-state index is 0.535. The Kier molecular flexibility index (Phi) is 5.41. The fourth-order valence-corrected chi connectivity index (χ4v) is 0.609. The average Bonchev–Trinajstić information content (AvgIpc) is 1.85. The van der Waals surface area contributed by atoms with E-state index >= 15 is 0 Å². The molecule has 0 aliphatic carbocycles. The van der Waals surface area contributed by atoms with E-state index in [0.717, 1.165) is 12.8 Å². The summed E-state index contributed by atoms with van der Waals surface area (Å²) in [5.74, 6) is 3.78. The first-order valence-electron chi connectivity index (χ1n) is 3.74. The summed E-state index contributed by atoms with van der Waals surface area (Å²) < 4.78 is 5.04. The second-order valence-electron chi connectivity index (χ2n) is 2.87. The molecule has 0 amide bonds. The Bertz CT molecular complexity index is 90.2. The summed E-state index contributed by atoms with van der Waals surface area (Å²) >= 11 is 0. The Morgan fingerprint density at radius 2 is 1.82 bits per heavy atom. The van der Waals surface area contributed by atoms with Crippen LogP contribution in [0.5, 0.6) is 0 Å². The van der Waals surface area contributed by atoms with E-state index in [1.165, 1.54) is 0 Å². The second kappa shape index (κ2) is 5.49. The van der Waals surface area contributed by atoms with E-state index < -0.39 is 5.79 Å². The van der Waals surface area contributed by atoms with E-state index in [0.29, 0.717) is 13.2 Å². The summed E-state index contributed by atoms with van der Waals surface area (Å²) in [4.78, 5) is 4.36. The van der Waals surface area contributed by atoms with Gasteiger partial charge in [-0.3, -0.25) is 0 Å². The maximum absolute atomic E-state index is 9.10. The zero-order chi connectivity index (χ0) is 8.74. The van der Waals surface area contributed by atoms with Crippen molar-refractivity contribution in [2.24, 2.45) is 5.90 Å². The molecule has 0 bridgehead atoms. The van der Waals surface area contributed by atoms with Gasteiger partial charge in [0.15, 0.2) is 5.79 Å². The van der Waals surface area contributed by atoms with Crippen LogP contribution < -0.4 is 5.90 Å². The highest BCUT2D eigenvalue weighted by molar-refractivity contribution is 4.48. The summed E-state index contributed by atoms with van der Waals surface area (Å²) in [5, 5.41) is 9.10. The molecule has 3 N–H and O–H groups in total. The van der Waals surface area contributed by atoms with Gasteiger partial charge in [0.25, 0.3) is 0 Å². The Hall–Kier alpha value is -0.160. The maximum atomic E-state index is 9.10. The van der Waals surface area contributed by atoms with E-state index in [-0.39, 0.29) is 0 Å².